The minimum Gasteiger partial charge on any atom is -0.475 e. The fraction of sp³-hybridized carbons (Fsp3) is 0.273. The SMILES string of the molecule is CCN(C(=O)c1ccccc1-c1ncccn1)C(C)COc1ccc(C(F)(F)F)cn1. The molecule has 2 heterocycles. The van der Waals surface area contributed by atoms with E-state index >= 15 is 0 Å². The molecule has 2 aromatic heterocycles. The minimum absolute atomic E-state index is 0.0569. The number of aromatic nitrogens is 3. The lowest BCUT2D eigenvalue weighted by Crippen LogP contribution is -2.42. The number of amides is 1. The van der Waals surface area contributed by atoms with E-state index in [4.69, 9.17) is 4.74 Å². The van der Waals surface area contributed by atoms with Gasteiger partial charge in [-0.15, -0.1) is 0 Å². The number of carbonyl (C=O) groups is 1. The number of nitrogens with zero attached hydrogens (tertiary/aromatic N) is 4. The Hall–Kier alpha value is -3.49. The number of pyridine rings is 1. The molecule has 0 radical (unpaired) electrons. The summed E-state index contributed by atoms with van der Waals surface area (Å²) in [6.07, 6.45) is -0.525. The van der Waals surface area contributed by atoms with Crippen LogP contribution < -0.4 is 4.74 Å². The molecular weight excluding hydrogens is 409 g/mol. The molecule has 0 spiro atoms. The van der Waals surface area contributed by atoms with Crippen LogP contribution in [0.2, 0.25) is 0 Å². The highest BCUT2D eigenvalue weighted by molar-refractivity contribution is 6.00. The van der Waals surface area contributed by atoms with Gasteiger partial charge >= 0.3 is 6.18 Å². The number of likely N-dealkylation sites (N-methyl/N-ethyl adjacent to an activating group) is 1. The zero-order chi connectivity index (χ0) is 22.4. The van der Waals surface area contributed by atoms with E-state index in [2.05, 4.69) is 15.0 Å². The number of benzene rings is 1. The van der Waals surface area contributed by atoms with E-state index in [-0.39, 0.29) is 24.4 Å². The fourth-order valence-corrected chi connectivity index (χ4v) is 3.04. The van der Waals surface area contributed by atoms with Gasteiger partial charge in [-0.3, -0.25) is 4.79 Å². The van der Waals surface area contributed by atoms with Crippen LogP contribution >= 0.6 is 0 Å². The zero-order valence-corrected chi connectivity index (χ0v) is 17.0. The normalized spacial score (nSPS) is 12.3. The Labute approximate surface area is 177 Å². The fourth-order valence-electron chi connectivity index (χ4n) is 3.04. The van der Waals surface area contributed by atoms with E-state index in [1.807, 2.05) is 13.0 Å². The highest BCUT2D eigenvalue weighted by Gasteiger charge is 2.31. The van der Waals surface area contributed by atoms with Crippen molar-refractivity contribution in [2.24, 2.45) is 0 Å². The van der Waals surface area contributed by atoms with Gasteiger partial charge in [-0.25, -0.2) is 15.0 Å². The summed E-state index contributed by atoms with van der Waals surface area (Å²) in [5, 5.41) is 0. The maximum atomic E-state index is 13.3. The summed E-state index contributed by atoms with van der Waals surface area (Å²) in [6, 6.07) is 10.5. The van der Waals surface area contributed by atoms with Crippen LogP contribution in [0.4, 0.5) is 13.2 Å². The number of hydrogen-bond donors (Lipinski definition) is 0. The Bertz CT molecular complexity index is 1010. The van der Waals surface area contributed by atoms with E-state index in [0.717, 1.165) is 18.3 Å². The Morgan fingerprint density at radius 3 is 2.39 bits per heavy atom. The molecule has 0 fully saturated rings. The first-order chi connectivity index (χ1) is 14.8. The maximum absolute atomic E-state index is 13.3. The number of ether oxygens (including phenoxy) is 1. The van der Waals surface area contributed by atoms with E-state index < -0.39 is 11.7 Å². The van der Waals surface area contributed by atoms with Crippen molar-refractivity contribution in [2.45, 2.75) is 26.1 Å². The van der Waals surface area contributed by atoms with Crippen molar-refractivity contribution in [3.63, 3.8) is 0 Å². The van der Waals surface area contributed by atoms with Crippen LogP contribution in [0.25, 0.3) is 11.4 Å². The molecule has 0 aliphatic carbocycles. The average Bonchev–Trinajstić information content (AvgIpc) is 2.78. The number of hydrogen-bond acceptors (Lipinski definition) is 5. The number of halogens is 3. The highest BCUT2D eigenvalue weighted by Crippen LogP contribution is 2.29. The van der Waals surface area contributed by atoms with Crippen molar-refractivity contribution in [3.05, 3.63) is 72.2 Å². The van der Waals surface area contributed by atoms with Crippen molar-refractivity contribution >= 4 is 5.91 Å². The lowest BCUT2D eigenvalue weighted by atomic mass is 10.0. The van der Waals surface area contributed by atoms with E-state index in [1.54, 1.807) is 48.5 Å². The number of carbonyl (C=O) groups excluding carboxylic acids is 1. The lowest BCUT2D eigenvalue weighted by molar-refractivity contribution is -0.137. The molecule has 0 saturated carbocycles. The molecule has 3 rings (SSSR count). The van der Waals surface area contributed by atoms with Gasteiger partial charge in [-0.1, -0.05) is 18.2 Å². The molecule has 1 aromatic carbocycles. The Morgan fingerprint density at radius 1 is 1.06 bits per heavy atom. The second kappa shape index (κ2) is 9.55. The van der Waals surface area contributed by atoms with Crippen LogP contribution in [-0.4, -0.2) is 45.0 Å². The smallest absolute Gasteiger partial charge is 0.417 e. The van der Waals surface area contributed by atoms with Gasteiger partial charge in [-0.2, -0.15) is 13.2 Å². The van der Waals surface area contributed by atoms with Crippen LogP contribution in [0.15, 0.2) is 61.1 Å². The van der Waals surface area contributed by atoms with Gasteiger partial charge in [-0.05, 0) is 32.0 Å². The molecule has 0 aliphatic heterocycles. The van der Waals surface area contributed by atoms with E-state index in [9.17, 15) is 18.0 Å². The Balaban J connectivity index is 1.73. The summed E-state index contributed by atoms with van der Waals surface area (Å²) in [5.74, 6) is 0.281. The topological polar surface area (TPSA) is 68.2 Å². The van der Waals surface area contributed by atoms with Crippen LogP contribution in [-0.2, 0) is 6.18 Å². The van der Waals surface area contributed by atoms with Crippen LogP contribution in [0.5, 0.6) is 5.88 Å². The quantitative estimate of drug-likeness (QED) is 0.553. The third-order valence-corrected chi connectivity index (χ3v) is 4.63. The summed E-state index contributed by atoms with van der Waals surface area (Å²) in [7, 11) is 0. The van der Waals surface area contributed by atoms with Crippen molar-refractivity contribution < 1.29 is 22.7 Å². The van der Waals surface area contributed by atoms with Gasteiger partial charge in [0.2, 0.25) is 5.88 Å². The molecule has 1 atom stereocenters. The minimum atomic E-state index is -4.46. The van der Waals surface area contributed by atoms with Gasteiger partial charge < -0.3 is 9.64 Å². The van der Waals surface area contributed by atoms with Crippen molar-refractivity contribution in [3.8, 4) is 17.3 Å². The standard InChI is InChI=1S/C22H21F3N4O2/c1-3-29(15(2)14-31-19-10-9-16(13-28-19)22(23,24)25)21(30)18-8-5-4-7-17(18)20-26-11-6-12-27-20/h4-13,15H,3,14H2,1-2H3. The van der Waals surface area contributed by atoms with E-state index in [1.165, 1.54) is 0 Å². The molecule has 1 amide bonds. The first-order valence-corrected chi connectivity index (χ1v) is 9.64. The predicted octanol–water partition coefficient (Wildman–Crippen LogP) is 4.49. The first-order valence-electron chi connectivity index (χ1n) is 9.64. The summed E-state index contributed by atoms with van der Waals surface area (Å²) >= 11 is 0. The first kappa shape index (κ1) is 22.2. The molecular formula is C22H21F3N4O2. The number of rotatable bonds is 7. The zero-order valence-electron chi connectivity index (χ0n) is 17.0. The van der Waals surface area contributed by atoms with Crippen molar-refractivity contribution in [1.82, 2.24) is 19.9 Å². The molecule has 0 N–H and O–H groups in total. The molecule has 0 bridgehead atoms. The van der Waals surface area contributed by atoms with Gasteiger partial charge in [0.25, 0.3) is 5.91 Å². The molecule has 3 aromatic rings. The molecule has 9 heteroatoms. The van der Waals surface area contributed by atoms with E-state index in [0.29, 0.717) is 23.5 Å². The van der Waals surface area contributed by atoms with Crippen LogP contribution in [0.3, 0.4) is 0 Å². The molecule has 0 aliphatic rings. The Morgan fingerprint density at radius 2 is 1.77 bits per heavy atom. The monoisotopic (exact) mass is 430 g/mol. The molecule has 162 valence electrons. The molecule has 31 heavy (non-hydrogen) atoms. The summed E-state index contributed by atoms with van der Waals surface area (Å²) in [4.78, 5) is 27.0. The predicted molar refractivity (Wildman–Crippen MR) is 108 cm³/mol. The molecule has 6 nitrogen and oxygen atoms in total. The summed E-state index contributed by atoms with van der Waals surface area (Å²) in [6.45, 7) is 4.12. The average molecular weight is 430 g/mol. The third-order valence-electron chi connectivity index (χ3n) is 4.63. The lowest BCUT2D eigenvalue weighted by Gasteiger charge is -2.28. The second-order valence-electron chi connectivity index (χ2n) is 6.75. The van der Waals surface area contributed by atoms with Crippen LogP contribution in [0.1, 0.15) is 29.8 Å². The molecule has 1 unspecified atom stereocenters. The summed E-state index contributed by atoms with van der Waals surface area (Å²) < 4.78 is 43.5. The van der Waals surface area contributed by atoms with Gasteiger partial charge in [0, 0.05) is 36.8 Å². The maximum Gasteiger partial charge on any atom is 0.417 e. The largest absolute Gasteiger partial charge is 0.475 e. The molecule has 0 saturated heterocycles. The van der Waals surface area contributed by atoms with Gasteiger partial charge in [0.1, 0.15) is 6.61 Å². The van der Waals surface area contributed by atoms with Gasteiger partial charge in [0.05, 0.1) is 17.2 Å². The third kappa shape index (κ3) is 5.36. The second-order valence-corrected chi connectivity index (χ2v) is 6.75. The summed E-state index contributed by atoms with van der Waals surface area (Å²) in [5.41, 5.74) is 0.220. The van der Waals surface area contributed by atoms with Crippen molar-refractivity contribution in [1.29, 1.82) is 0 Å². The van der Waals surface area contributed by atoms with Crippen molar-refractivity contribution in [2.75, 3.05) is 13.2 Å². The highest BCUT2D eigenvalue weighted by atomic mass is 19.4. The Kier molecular flexibility index (Phi) is 6.84. The number of alkyl halides is 3. The van der Waals surface area contributed by atoms with Crippen LogP contribution in [0, 0.1) is 0 Å². The van der Waals surface area contributed by atoms with Gasteiger partial charge in [0.15, 0.2) is 5.82 Å².